The number of aliphatic hydroxyl groups excluding tert-OH is 1. The van der Waals surface area contributed by atoms with Crippen LogP contribution in [-0.2, 0) is 4.79 Å². The van der Waals surface area contributed by atoms with Crippen LogP contribution in [0.4, 0.5) is 0 Å². The second-order valence-corrected chi connectivity index (χ2v) is 3.63. The third-order valence-corrected chi connectivity index (χ3v) is 1.53. The first-order valence-electron chi connectivity index (χ1n) is 4.04. The van der Waals surface area contributed by atoms with E-state index < -0.39 is 0 Å². The minimum Gasteiger partial charge on any atom is -0.396 e. The van der Waals surface area contributed by atoms with Gasteiger partial charge in [-0.3, -0.25) is 4.79 Å². The van der Waals surface area contributed by atoms with E-state index in [1.807, 2.05) is 13.8 Å². The third kappa shape index (κ3) is 5.09. The van der Waals surface area contributed by atoms with Gasteiger partial charge in [-0.15, -0.1) is 0 Å². The van der Waals surface area contributed by atoms with Gasteiger partial charge in [0.1, 0.15) is 0 Å². The van der Waals surface area contributed by atoms with Crippen molar-refractivity contribution >= 4 is 5.91 Å². The van der Waals surface area contributed by atoms with E-state index in [1.165, 1.54) is 0 Å². The van der Waals surface area contributed by atoms with E-state index >= 15 is 0 Å². The van der Waals surface area contributed by atoms with Gasteiger partial charge in [0.15, 0.2) is 0 Å². The fourth-order valence-electron chi connectivity index (χ4n) is 0.617. The first-order valence-corrected chi connectivity index (χ1v) is 4.04. The van der Waals surface area contributed by atoms with Crippen LogP contribution in [0.5, 0.6) is 0 Å². The second kappa shape index (κ2) is 5.11. The SMILES string of the molecule is CNCC(=O)NCC(C)(C)CO. The van der Waals surface area contributed by atoms with E-state index in [4.69, 9.17) is 5.11 Å². The molecule has 0 heterocycles. The molecule has 0 aromatic rings. The predicted molar refractivity (Wildman–Crippen MR) is 47.8 cm³/mol. The lowest BCUT2D eigenvalue weighted by molar-refractivity contribution is -0.120. The maximum Gasteiger partial charge on any atom is 0.233 e. The molecule has 1 amide bonds. The van der Waals surface area contributed by atoms with Crippen LogP contribution in [-0.4, -0.2) is 37.8 Å². The summed E-state index contributed by atoms with van der Waals surface area (Å²) in [5, 5.41) is 14.3. The number of hydrogen-bond acceptors (Lipinski definition) is 3. The molecule has 0 aromatic heterocycles. The summed E-state index contributed by atoms with van der Waals surface area (Å²) in [6.45, 7) is 4.69. The van der Waals surface area contributed by atoms with Gasteiger partial charge in [0.2, 0.25) is 5.91 Å². The maximum absolute atomic E-state index is 11.0. The highest BCUT2D eigenvalue weighted by molar-refractivity contribution is 5.77. The summed E-state index contributed by atoms with van der Waals surface area (Å²) in [7, 11) is 1.72. The summed E-state index contributed by atoms with van der Waals surface area (Å²) in [5.74, 6) is -0.0426. The summed E-state index contributed by atoms with van der Waals surface area (Å²) in [4.78, 5) is 11.0. The van der Waals surface area contributed by atoms with Crippen LogP contribution in [0.15, 0.2) is 0 Å². The fraction of sp³-hybridized carbons (Fsp3) is 0.875. The number of carbonyl (C=O) groups excluding carboxylic acids is 1. The van der Waals surface area contributed by atoms with Crippen LogP contribution in [0.25, 0.3) is 0 Å². The van der Waals surface area contributed by atoms with Crippen LogP contribution in [0.1, 0.15) is 13.8 Å². The van der Waals surface area contributed by atoms with Crippen LogP contribution < -0.4 is 10.6 Å². The van der Waals surface area contributed by atoms with E-state index in [-0.39, 0.29) is 17.9 Å². The molecule has 0 rings (SSSR count). The molecular formula is C8H18N2O2. The van der Waals surface area contributed by atoms with Crippen LogP contribution in [0.3, 0.4) is 0 Å². The standard InChI is InChI=1S/C8H18N2O2/c1-8(2,6-11)5-10-7(12)4-9-3/h9,11H,4-6H2,1-3H3,(H,10,12). The van der Waals surface area contributed by atoms with Crippen molar-refractivity contribution in [1.82, 2.24) is 10.6 Å². The number of likely N-dealkylation sites (N-methyl/N-ethyl adjacent to an activating group) is 1. The Kier molecular flexibility index (Phi) is 4.85. The van der Waals surface area contributed by atoms with Gasteiger partial charge in [-0.25, -0.2) is 0 Å². The lowest BCUT2D eigenvalue weighted by Gasteiger charge is -2.21. The molecular weight excluding hydrogens is 156 g/mol. The van der Waals surface area contributed by atoms with Crippen LogP contribution in [0, 0.1) is 5.41 Å². The van der Waals surface area contributed by atoms with Crippen molar-refractivity contribution in [2.24, 2.45) is 5.41 Å². The first kappa shape index (κ1) is 11.4. The van der Waals surface area contributed by atoms with Crippen molar-refractivity contribution in [3.8, 4) is 0 Å². The molecule has 0 aliphatic carbocycles. The monoisotopic (exact) mass is 174 g/mol. The van der Waals surface area contributed by atoms with Crippen molar-refractivity contribution in [2.45, 2.75) is 13.8 Å². The zero-order valence-electron chi connectivity index (χ0n) is 7.98. The van der Waals surface area contributed by atoms with E-state index in [1.54, 1.807) is 7.05 Å². The first-order chi connectivity index (χ1) is 5.52. The summed E-state index contributed by atoms with van der Waals surface area (Å²) < 4.78 is 0. The summed E-state index contributed by atoms with van der Waals surface area (Å²) in [6, 6.07) is 0. The number of hydrogen-bond donors (Lipinski definition) is 3. The Morgan fingerprint density at radius 1 is 1.50 bits per heavy atom. The number of nitrogens with one attached hydrogen (secondary N) is 2. The Hall–Kier alpha value is -0.610. The lowest BCUT2D eigenvalue weighted by Crippen LogP contribution is -2.39. The number of rotatable bonds is 5. The van der Waals surface area contributed by atoms with E-state index in [9.17, 15) is 4.79 Å². The Morgan fingerprint density at radius 2 is 2.08 bits per heavy atom. The van der Waals surface area contributed by atoms with Crippen molar-refractivity contribution in [3.63, 3.8) is 0 Å². The van der Waals surface area contributed by atoms with E-state index in [0.717, 1.165) is 0 Å². The molecule has 0 fully saturated rings. The number of amides is 1. The summed E-state index contributed by atoms with van der Waals surface area (Å²) >= 11 is 0. The molecule has 0 unspecified atom stereocenters. The number of carbonyl (C=O) groups is 1. The Morgan fingerprint density at radius 3 is 2.50 bits per heavy atom. The quantitative estimate of drug-likeness (QED) is 0.518. The van der Waals surface area contributed by atoms with Crippen LogP contribution >= 0.6 is 0 Å². The topological polar surface area (TPSA) is 61.4 Å². The minimum atomic E-state index is -0.233. The van der Waals surface area contributed by atoms with E-state index in [2.05, 4.69) is 10.6 Å². The Labute approximate surface area is 73.3 Å². The molecule has 3 N–H and O–H groups in total. The normalized spacial score (nSPS) is 11.3. The van der Waals surface area contributed by atoms with Crippen molar-refractivity contribution < 1.29 is 9.90 Å². The second-order valence-electron chi connectivity index (χ2n) is 3.63. The molecule has 0 aromatic carbocycles. The minimum absolute atomic E-state index is 0.0426. The van der Waals surface area contributed by atoms with Crippen molar-refractivity contribution in [2.75, 3.05) is 26.7 Å². The van der Waals surface area contributed by atoms with Gasteiger partial charge in [0.25, 0.3) is 0 Å². The molecule has 0 spiro atoms. The van der Waals surface area contributed by atoms with Gasteiger partial charge in [0, 0.05) is 18.6 Å². The summed E-state index contributed by atoms with van der Waals surface area (Å²) in [5.41, 5.74) is -0.233. The van der Waals surface area contributed by atoms with Crippen molar-refractivity contribution in [3.05, 3.63) is 0 Å². The average Bonchev–Trinajstić information content (AvgIpc) is 2.02. The maximum atomic E-state index is 11.0. The van der Waals surface area contributed by atoms with Crippen molar-refractivity contribution in [1.29, 1.82) is 0 Å². The molecule has 12 heavy (non-hydrogen) atoms. The highest BCUT2D eigenvalue weighted by Gasteiger charge is 2.16. The molecule has 0 aliphatic heterocycles. The van der Waals surface area contributed by atoms with Gasteiger partial charge < -0.3 is 15.7 Å². The Balaban J connectivity index is 3.60. The van der Waals surface area contributed by atoms with E-state index in [0.29, 0.717) is 13.1 Å². The molecule has 72 valence electrons. The number of aliphatic hydroxyl groups is 1. The molecule has 0 radical (unpaired) electrons. The fourth-order valence-corrected chi connectivity index (χ4v) is 0.617. The summed E-state index contributed by atoms with van der Waals surface area (Å²) in [6.07, 6.45) is 0. The highest BCUT2D eigenvalue weighted by atomic mass is 16.3. The molecule has 0 saturated carbocycles. The van der Waals surface area contributed by atoms with Gasteiger partial charge in [-0.1, -0.05) is 13.8 Å². The molecule has 0 bridgehead atoms. The largest absolute Gasteiger partial charge is 0.396 e. The predicted octanol–water partition coefficient (Wildman–Crippen LogP) is -0.659. The Bertz CT molecular complexity index is 146. The lowest BCUT2D eigenvalue weighted by atomic mass is 9.95. The smallest absolute Gasteiger partial charge is 0.233 e. The highest BCUT2D eigenvalue weighted by Crippen LogP contribution is 2.10. The molecule has 4 heteroatoms. The zero-order valence-corrected chi connectivity index (χ0v) is 7.98. The van der Waals surface area contributed by atoms with Gasteiger partial charge >= 0.3 is 0 Å². The third-order valence-electron chi connectivity index (χ3n) is 1.53. The molecule has 0 atom stereocenters. The molecule has 0 aliphatic rings. The van der Waals surface area contributed by atoms with Gasteiger partial charge in [-0.05, 0) is 7.05 Å². The van der Waals surface area contributed by atoms with Gasteiger partial charge in [-0.2, -0.15) is 0 Å². The zero-order chi connectivity index (χ0) is 9.61. The van der Waals surface area contributed by atoms with Gasteiger partial charge in [0.05, 0.1) is 6.54 Å². The molecule has 0 saturated heterocycles. The average molecular weight is 174 g/mol. The van der Waals surface area contributed by atoms with Crippen LogP contribution in [0.2, 0.25) is 0 Å². The molecule has 4 nitrogen and oxygen atoms in total.